The van der Waals surface area contributed by atoms with Crippen LogP contribution >= 0.6 is 11.3 Å². The Morgan fingerprint density at radius 1 is 1.22 bits per heavy atom. The van der Waals surface area contributed by atoms with E-state index >= 15 is 0 Å². The van der Waals surface area contributed by atoms with E-state index in [0.717, 1.165) is 23.5 Å². The zero-order valence-corrected chi connectivity index (χ0v) is 17.7. The van der Waals surface area contributed by atoms with Crippen LogP contribution in [-0.4, -0.2) is 17.1 Å². The highest BCUT2D eigenvalue weighted by atomic mass is 32.1. The first-order valence-electron chi connectivity index (χ1n) is 9.47. The molecule has 0 aliphatic heterocycles. The Hall–Kier alpha value is -3.64. The van der Waals surface area contributed by atoms with Crippen molar-refractivity contribution < 1.29 is 22.7 Å². The van der Waals surface area contributed by atoms with E-state index in [1.54, 1.807) is 31.2 Å². The summed E-state index contributed by atoms with van der Waals surface area (Å²) in [5.74, 6) is -0.632. The first-order chi connectivity index (χ1) is 15.2. The molecule has 0 saturated carbocycles. The van der Waals surface area contributed by atoms with Gasteiger partial charge in [0, 0.05) is 0 Å². The Balaban J connectivity index is 2.12. The van der Waals surface area contributed by atoms with Gasteiger partial charge >= 0.3 is 12.1 Å². The van der Waals surface area contributed by atoms with E-state index in [4.69, 9.17) is 10.00 Å². The molecule has 0 aliphatic rings. The first-order valence-corrected chi connectivity index (χ1v) is 10.3. The van der Waals surface area contributed by atoms with Crippen molar-refractivity contribution in [3.8, 4) is 6.07 Å². The summed E-state index contributed by atoms with van der Waals surface area (Å²) in [6, 6.07) is 13.2. The number of thiazole rings is 1. The Bertz CT molecular complexity index is 1350. The molecule has 9 heteroatoms. The molecule has 0 amide bonds. The van der Waals surface area contributed by atoms with Crippen LogP contribution < -0.4 is 14.8 Å². The Labute approximate surface area is 184 Å². The zero-order valence-electron chi connectivity index (χ0n) is 16.8. The smallest absolute Gasteiger partial charge is 0.416 e. The Kier molecular flexibility index (Phi) is 6.95. The highest BCUT2D eigenvalue weighted by Crippen LogP contribution is 2.29. The fourth-order valence-corrected chi connectivity index (χ4v) is 3.93. The lowest BCUT2D eigenvalue weighted by Crippen LogP contribution is -2.32. The standard InChI is InChI=1S/C23H17F3N2O3S/c1-2-31-21(29)12-20-28(14-16-8-6-15(13-27)7-9-16)22(30)19(32-20)11-17-4-3-5-18(10-17)23(24,25)26/h3-12H,2,14H2,1H3/b19-11-,20-12?. The molecule has 0 N–H and O–H groups in total. The number of esters is 1. The minimum atomic E-state index is -4.50. The third-order valence-electron chi connectivity index (χ3n) is 4.40. The van der Waals surface area contributed by atoms with Crippen molar-refractivity contribution in [2.75, 3.05) is 6.61 Å². The van der Waals surface area contributed by atoms with E-state index in [0.29, 0.717) is 15.8 Å². The van der Waals surface area contributed by atoms with Gasteiger partial charge in [0.05, 0.1) is 41.0 Å². The van der Waals surface area contributed by atoms with Crippen molar-refractivity contribution in [2.24, 2.45) is 0 Å². The minimum Gasteiger partial charge on any atom is -0.463 e. The van der Waals surface area contributed by atoms with Crippen LogP contribution in [0.1, 0.15) is 29.2 Å². The quantitative estimate of drug-likeness (QED) is 0.551. The molecule has 0 unspecified atom stereocenters. The lowest BCUT2D eigenvalue weighted by atomic mass is 10.1. The van der Waals surface area contributed by atoms with Gasteiger partial charge in [-0.1, -0.05) is 24.3 Å². The molecule has 0 bridgehead atoms. The summed E-state index contributed by atoms with van der Waals surface area (Å²) >= 11 is 0.980. The van der Waals surface area contributed by atoms with Crippen molar-refractivity contribution in [3.05, 3.63) is 90.3 Å². The summed E-state index contributed by atoms with van der Waals surface area (Å²) < 4.78 is 45.8. The van der Waals surface area contributed by atoms with E-state index in [-0.39, 0.29) is 23.2 Å². The maximum atomic E-state index is 13.0. The number of hydrogen-bond donors (Lipinski definition) is 0. The molecule has 0 fully saturated rings. The Morgan fingerprint density at radius 3 is 2.56 bits per heavy atom. The predicted molar refractivity (Wildman–Crippen MR) is 114 cm³/mol. The zero-order chi connectivity index (χ0) is 23.3. The predicted octanol–water partition coefficient (Wildman–Crippen LogP) is 3.02. The molecule has 0 aliphatic carbocycles. The molecule has 5 nitrogen and oxygen atoms in total. The number of alkyl halides is 3. The van der Waals surface area contributed by atoms with Gasteiger partial charge in [-0.2, -0.15) is 18.4 Å². The van der Waals surface area contributed by atoms with Gasteiger partial charge in [-0.05, 0) is 48.4 Å². The molecule has 2 aromatic carbocycles. The van der Waals surface area contributed by atoms with Crippen molar-refractivity contribution in [3.63, 3.8) is 0 Å². The molecule has 1 heterocycles. The van der Waals surface area contributed by atoms with Crippen LogP contribution in [0, 0.1) is 11.3 Å². The second-order valence-electron chi connectivity index (χ2n) is 6.67. The third-order valence-corrected chi connectivity index (χ3v) is 5.46. The Morgan fingerprint density at radius 2 is 1.94 bits per heavy atom. The summed E-state index contributed by atoms with van der Waals surface area (Å²) in [7, 11) is 0. The average Bonchev–Trinajstić information content (AvgIpc) is 3.02. The summed E-state index contributed by atoms with van der Waals surface area (Å²) in [6.07, 6.45) is -1.96. The number of aromatic nitrogens is 1. The van der Waals surface area contributed by atoms with Gasteiger partial charge in [0.15, 0.2) is 0 Å². The van der Waals surface area contributed by atoms with E-state index in [1.807, 2.05) is 6.07 Å². The number of benzene rings is 2. The number of ether oxygens (including phenoxy) is 1. The maximum absolute atomic E-state index is 13.0. The molecule has 32 heavy (non-hydrogen) atoms. The number of nitrogens with zero attached hydrogens (tertiary/aromatic N) is 2. The van der Waals surface area contributed by atoms with Crippen LogP contribution in [0.4, 0.5) is 13.2 Å². The molecule has 0 radical (unpaired) electrons. The SMILES string of the molecule is CCOC(=O)C=c1s/c(=C\c2cccc(C(F)(F)F)c2)c(=O)n1Cc1ccc(C#N)cc1. The largest absolute Gasteiger partial charge is 0.463 e. The monoisotopic (exact) mass is 458 g/mol. The molecular weight excluding hydrogens is 441 g/mol. The highest BCUT2D eigenvalue weighted by molar-refractivity contribution is 7.07. The lowest BCUT2D eigenvalue weighted by molar-refractivity contribution is -0.137. The minimum absolute atomic E-state index is 0.114. The summed E-state index contributed by atoms with van der Waals surface area (Å²) in [6.45, 7) is 1.92. The summed E-state index contributed by atoms with van der Waals surface area (Å²) in [5, 5.41) is 8.93. The van der Waals surface area contributed by atoms with Gasteiger partial charge in [0.1, 0.15) is 4.66 Å². The topological polar surface area (TPSA) is 72.1 Å². The van der Waals surface area contributed by atoms with Gasteiger partial charge in [-0.3, -0.25) is 9.36 Å². The summed E-state index contributed by atoms with van der Waals surface area (Å²) in [5.41, 5.74) is 0.119. The molecule has 3 rings (SSSR count). The van der Waals surface area contributed by atoms with Gasteiger partial charge in [-0.25, -0.2) is 4.79 Å². The average molecular weight is 458 g/mol. The normalized spacial score (nSPS) is 12.6. The lowest BCUT2D eigenvalue weighted by Gasteiger charge is -2.06. The van der Waals surface area contributed by atoms with Crippen LogP contribution in [0.25, 0.3) is 12.2 Å². The fraction of sp³-hybridized carbons (Fsp3) is 0.174. The van der Waals surface area contributed by atoms with Crippen molar-refractivity contribution in [1.29, 1.82) is 5.26 Å². The number of carbonyl (C=O) groups is 1. The van der Waals surface area contributed by atoms with Crippen molar-refractivity contribution in [1.82, 2.24) is 4.57 Å². The van der Waals surface area contributed by atoms with Crippen LogP contribution in [0.5, 0.6) is 0 Å². The molecule has 3 aromatic rings. The highest BCUT2D eigenvalue weighted by Gasteiger charge is 2.30. The van der Waals surface area contributed by atoms with E-state index in [2.05, 4.69) is 0 Å². The molecule has 0 spiro atoms. The van der Waals surface area contributed by atoms with Crippen LogP contribution in [0.2, 0.25) is 0 Å². The number of nitriles is 1. The molecule has 1 aromatic heterocycles. The fourth-order valence-electron chi connectivity index (χ4n) is 2.90. The van der Waals surface area contributed by atoms with Crippen molar-refractivity contribution >= 4 is 29.5 Å². The summed E-state index contributed by atoms with van der Waals surface area (Å²) in [4.78, 5) is 25.0. The van der Waals surface area contributed by atoms with E-state index in [1.165, 1.54) is 28.9 Å². The number of rotatable bonds is 5. The van der Waals surface area contributed by atoms with E-state index < -0.39 is 23.3 Å². The van der Waals surface area contributed by atoms with Crippen LogP contribution in [0.15, 0.2) is 53.3 Å². The maximum Gasteiger partial charge on any atom is 0.416 e. The first kappa shape index (κ1) is 23.0. The number of carbonyl (C=O) groups excluding carboxylic acids is 1. The van der Waals surface area contributed by atoms with Crippen LogP contribution in [-0.2, 0) is 22.3 Å². The third kappa shape index (κ3) is 5.53. The molecule has 164 valence electrons. The van der Waals surface area contributed by atoms with Gasteiger partial charge in [0.25, 0.3) is 5.56 Å². The van der Waals surface area contributed by atoms with Gasteiger partial charge < -0.3 is 4.74 Å². The molecule has 0 saturated heterocycles. The number of hydrogen-bond acceptors (Lipinski definition) is 5. The second-order valence-corrected chi connectivity index (χ2v) is 7.73. The molecule has 0 atom stereocenters. The molecular formula is C23H17F3N2O3S. The number of halogens is 3. The van der Waals surface area contributed by atoms with Crippen LogP contribution in [0.3, 0.4) is 0 Å². The van der Waals surface area contributed by atoms with Crippen molar-refractivity contribution in [2.45, 2.75) is 19.6 Å². The van der Waals surface area contributed by atoms with E-state index in [9.17, 15) is 22.8 Å². The van der Waals surface area contributed by atoms with Gasteiger partial charge in [0.2, 0.25) is 0 Å². The van der Waals surface area contributed by atoms with Gasteiger partial charge in [-0.15, -0.1) is 11.3 Å². The second kappa shape index (κ2) is 9.66.